The number of hydrogen-bond acceptors (Lipinski definition) is 3. The van der Waals surface area contributed by atoms with E-state index in [2.05, 4.69) is 0 Å². The molecule has 0 aliphatic carbocycles. The molecule has 96 valence electrons. The van der Waals surface area contributed by atoms with Crippen LogP contribution in [0, 0.1) is 0 Å². The molecule has 0 aliphatic rings. The third-order valence-corrected chi connectivity index (χ3v) is 2.19. The summed E-state index contributed by atoms with van der Waals surface area (Å²) in [6, 6.07) is 3.13. The number of hydrogen-bond donors (Lipinski definition) is 0. The predicted octanol–water partition coefficient (Wildman–Crippen LogP) is 3.66. The molecule has 0 saturated heterocycles. The van der Waals surface area contributed by atoms with E-state index in [1.165, 1.54) is 0 Å². The smallest absolute Gasteiger partial charge is 0.0973 e. The molecule has 17 heavy (non-hydrogen) atoms. The Bertz CT molecular complexity index is 349. The zero-order chi connectivity index (χ0) is 13.2. The fourth-order valence-electron chi connectivity index (χ4n) is 1.14. The molecule has 0 aliphatic heterocycles. The highest BCUT2D eigenvalue weighted by atomic mass is 35.5. The molecule has 1 aromatic carbocycles. The Balaban J connectivity index is 3.36. The zero-order valence-electron chi connectivity index (χ0n) is 7.80. The number of nitrogens with zero attached hydrogens (tertiary/aromatic N) is 3. The van der Waals surface area contributed by atoms with Gasteiger partial charge in [-0.25, -0.2) is 0 Å². The predicted molar refractivity (Wildman–Crippen MR) is 45.3 cm³/mol. The fraction of sp³-hybridized carbons (Fsp3) is 0.143. The van der Waals surface area contributed by atoms with E-state index in [1.807, 2.05) is 0 Å². The van der Waals surface area contributed by atoms with Gasteiger partial charge in [0.05, 0.1) is 16.0 Å². The van der Waals surface area contributed by atoms with Crippen molar-refractivity contribution < 1.29 is 26.9 Å². The largest absolute Gasteiger partial charge is 0.330 e. The van der Waals surface area contributed by atoms with Crippen molar-refractivity contribution in [1.82, 2.24) is 16.0 Å². The second-order valence-electron chi connectivity index (χ2n) is 2.84. The standard InChI is InChI=1S/C7H4ClF6N3/c8-6-3-1-5(2-4-6)7(15(9)10,16(11)12)17(13)14/h1-4H. The van der Waals surface area contributed by atoms with Crippen LogP contribution in [0.15, 0.2) is 24.3 Å². The first-order valence-electron chi connectivity index (χ1n) is 3.95. The molecule has 0 radical (unpaired) electrons. The summed E-state index contributed by atoms with van der Waals surface area (Å²) in [5.74, 6) is -4.27. The number of rotatable bonds is 4. The summed E-state index contributed by atoms with van der Waals surface area (Å²) in [5, 5.41) is -6.90. The molecule has 0 bridgehead atoms. The van der Waals surface area contributed by atoms with Gasteiger partial charge >= 0.3 is 5.79 Å². The lowest BCUT2D eigenvalue weighted by atomic mass is 10.1. The van der Waals surface area contributed by atoms with Crippen LogP contribution in [0.2, 0.25) is 5.02 Å². The van der Waals surface area contributed by atoms with E-state index in [0.29, 0.717) is 12.1 Å². The van der Waals surface area contributed by atoms with E-state index >= 15 is 0 Å². The topological polar surface area (TPSA) is 9.72 Å². The lowest BCUT2D eigenvalue weighted by molar-refractivity contribution is -0.487. The van der Waals surface area contributed by atoms with Gasteiger partial charge in [-0.15, -0.1) is 0 Å². The second kappa shape index (κ2) is 5.08. The Morgan fingerprint density at radius 2 is 1.12 bits per heavy atom. The monoisotopic (exact) mass is 279 g/mol. The van der Waals surface area contributed by atoms with Crippen LogP contribution in [-0.2, 0) is 5.79 Å². The van der Waals surface area contributed by atoms with Gasteiger partial charge < -0.3 is 0 Å². The Hall–Kier alpha value is -1.03. The van der Waals surface area contributed by atoms with Gasteiger partial charge in [-0.05, 0) is 12.1 Å². The minimum absolute atomic E-state index is 0.0282. The van der Waals surface area contributed by atoms with Crippen LogP contribution in [-0.4, -0.2) is 16.0 Å². The number of benzene rings is 1. The summed E-state index contributed by atoms with van der Waals surface area (Å²) in [6.45, 7) is 0. The van der Waals surface area contributed by atoms with E-state index < -0.39 is 27.4 Å². The quantitative estimate of drug-likeness (QED) is 0.473. The average Bonchev–Trinajstić information content (AvgIpc) is 2.20. The van der Waals surface area contributed by atoms with Crippen molar-refractivity contribution in [2.24, 2.45) is 0 Å². The third kappa shape index (κ3) is 2.32. The van der Waals surface area contributed by atoms with Gasteiger partial charge in [0, 0.05) is 10.6 Å². The van der Waals surface area contributed by atoms with Gasteiger partial charge in [-0.2, -0.15) is 0 Å². The molecule has 0 saturated carbocycles. The van der Waals surface area contributed by atoms with E-state index in [4.69, 9.17) is 11.6 Å². The molecular formula is C7H4ClF6N3. The normalized spacial score (nSPS) is 12.8. The van der Waals surface area contributed by atoms with E-state index in [-0.39, 0.29) is 5.02 Å². The van der Waals surface area contributed by atoms with Crippen LogP contribution in [0.25, 0.3) is 0 Å². The van der Waals surface area contributed by atoms with Crippen molar-refractivity contribution in [2.45, 2.75) is 5.79 Å². The van der Waals surface area contributed by atoms with Crippen LogP contribution < -0.4 is 0 Å². The summed E-state index contributed by atoms with van der Waals surface area (Å²) in [6.07, 6.45) is 0. The Morgan fingerprint density at radius 3 is 1.41 bits per heavy atom. The molecule has 10 heteroatoms. The highest BCUT2D eigenvalue weighted by molar-refractivity contribution is 6.30. The fourth-order valence-corrected chi connectivity index (χ4v) is 1.26. The van der Waals surface area contributed by atoms with Crippen molar-refractivity contribution in [3.8, 4) is 0 Å². The van der Waals surface area contributed by atoms with Gasteiger partial charge in [0.1, 0.15) is 0 Å². The highest BCUT2D eigenvalue weighted by Gasteiger charge is 2.57. The summed E-state index contributed by atoms with van der Waals surface area (Å²) >= 11 is 5.40. The van der Waals surface area contributed by atoms with Crippen molar-refractivity contribution in [3.63, 3.8) is 0 Å². The lowest BCUT2D eigenvalue weighted by Crippen LogP contribution is -2.53. The van der Waals surface area contributed by atoms with Crippen LogP contribution in [0.5, 0.6) is 0 Å². The summed E-state index contributed by atoms with van der Waals surface area (Å²) in [7, 11) is 0. The third-order valence-electron chi connectivity index (χ3n) is 1.94. The van der Waals surface area contributed by atoms with E-state index in [0.717, 1.165) is 12.1 Å². The van der Waals surface area contributed by atoms with Gasteiger partial charge in [-0.3, -0.25) is 0 Å². The van der Waals surface area contributed by atoms with Gasteiger partial charge in [0.2, 0.25) is 0 Å². The van der Waals surface area contributed by atoms with Gasteiger partial charge in [0.15, 0.2) is 0 Å². The maximum Gasteiger partial charge on any atom is 0.330 e. The van der Waals surface area contributed by atoms with Crippen molar-refractivity contribution in [2.75, 3.05) is 0 Å². The zero-order valence-corrected chi connectivity index (χ0v) is 8.55. The SMILES string of the molecule is FN(F)C(c1ccc(Cl)cc1)(N(F)F)N(F)F. The maximum atomic E-state index is 12.4. The molecule has 1 rings (SSSR count). The van der Waals surface area contributed by atoms with Crippen LogP contribution in [0.3, 0.4) is 0 Å². The molecule has 0 heterocycles. The molecule has 0 N–H and O–H groups in total. The van der Waals surface area contributed by atoms with E-state index in [9.17, 15) is 26.9 Å². The van der Waals surface area contributed by atoms with Gasteiger partial charge in [-0.1, -0.05) is 50.6 Å². The summed E-state index contributed by atoms with van der Waals surface area (Å²) < 4.78 is 74.4. The van der Waals surface area contributed by atoms with Crippen molar-refractivity contribution in [3.05, 3.63) is 34.9 Å². The molecule has 0 spiro atoms. The first-order valence-corrected chi connectivity index (χ1v) is 4.32. The number of halogens is 7. The van der Waals surface area contributed by atoms with Gasteiger partial charge in [0.25, 0.3) is 0 Å². The molecule has 0 amide bonds. The van der Waals surface area contributed by atoms with Crippen LogP contribution >= 0.6 is 11.6 Å². The van der Waals surface area contributed by atoms with Crippen LogP contribution in [0.1, 0.15) is 5.56 Å². The van der Waals surface area contributed by atoms with Crippen LogP contribution in [0.4, 0.5) is 26.9 Å². The maximum absolute atomic E-state index is 12.4. The molecule has 0 fully saturated rings. The first kappa shape index (κ1) is 14.0. The first-order chi connectivity index (χ1) is 7.83. The molecule has 0 atom stereocenters. The Morgan fingerprint density at radius 1 is 0.765 bits per heavy atom. The average molecular weight is 280 g/mol. The minimum Gasteiger partial charge on any atom is -0.0973 e. The van der Waals surface area contributed by atoms with E-state index in [1.54, 1.807) is 0 Å². The second-order valence-corrected chi connectivity index (χ2v) is 3.28. The molecule has 1 aromatic rings. The van der Waals surface area contributed by atoms with Crippen molar-refractivity contribution in [1.29, 1.82) is 0 Å². The summed E-state index contributed by atoms with van der Waals surface area (Å²) in [4.78, 5) is 0. The molecule has 0 unspecified atom stereocenters. The highest BCUT2D eigenvalue weighted by Crippen LogP contribution is 2.39. The Kier molecular flexibility index (Phi) is 4.20. The van der Waals surface area contributed by atoms with Crippen molar-refractivity contribution >= 4 is 11.6 Å². The molecule has 3 nitrogen and oxygen atoms in total. The molecular weight excluding hydrogens is 276 g/mol. The Labute approximate surface area is 96.0 Å². The minimum atomic E-state index is -4.27. The molecule has 0 aromatic heterocycles. The lowest BCUT2D eigenvalue weighted by Gasteiger charge is -2.31. The summed E-state index contributed by atoms with van der Waals surface area (Å²) in [5.41, 5.74) is -1.05.